The van der Waals surface area contributed by atoms with E-state index >= 15 is 0 Å². The lowest BCUT2D eigenvalue weighted by atomic mass is 9.92. The number of hydrogen-bond donors (Lipinski definition) is 2. The number of ether oxygens (including phenoxy) is 1. The van der Waals surface area contributed by atoms with Crippen molar-refractivity contribution in [3.8, 4) is 5.75 Å². The molecule has 1 aromatic carbocycles. The van der Waals surface area contributed by atoms with Crippen molar-refractivity contribution in [3.05, 3.63) is 34.1 Å². The highest BCUT2D eigenvalue weighted by Crippen LogP contribution is 2.31. The molecule has 0 heterocycles. The summed E-state index contributed by atoms with van der Waals surface area (Å²) in [5.74, 6) is -0.825. The van der Waals surface area contributed by atoms with Gasteiger partial charge in [-0.2, -0.15) is 0 Å². The molecule has 0 amide bonds. The molecule has 104 valence electrons. The number of aliphatic hydroxyl groups is 2. The maximum atomic E-state index is 13.1. The Morgan fingerprint density at radius 2 is 1.89 bits per heavy atom. The molecule has 3 atom stereocenters. The number of nitro groups is 1. The van der Waals surface area contributed by atoms with Crippen molar-refractivity contribution in [2.45, 2.75) is 37.6 Å². The lowest BCUT2D eigenvalue weighted by Gasteiger charge is -2.29. The van der Waals surface area contributed by atoms with Crippen LogP contribution in [0, 0.1) is 15.9 Å². The summed E-state index contributed by atoms with van der Waals surface area (Å²) in [6.07, 6.45) is -1.25. The quantitative estimate of drug-likeness (QED) is 0.640. The van der Waals surface area contributed by atoms with Gasteiger partial charge in [-0.3, -0.25) is 10.1 Å². The van der Waals surface area contributed by atoms with Gasteiger partial charge >= 0.3 is 5.69 Å². The van der Waals surface area contributed by atoms with Gasteiger partial charge in [0.05, 0.1) is 17.1 Å². The molecule has 0 aliphatic heterocycles. The van der Waals surface area contributed by atoms with Gasteiger partial charge in [0.2, 0.25) is 0 Å². The fourth-order valence-electron chi connectivity index (χ4n) is 2.22. The van der Waals surface area contributed by atoms with E-state index in [2.05, 4.69) is 0 Å². The third kappa shape index (κ3) is 3.39. The van der Waals surface area contributed by atoms with E-state index in [0.29, 0.717) is 0 Å². The molecule has 0 radical (unpaired) electrons. The van der Waals surface area contributed by atoms with E-state index in [1.54, 1.807) is 0 Å². The van der Waals surface area contributed by atoms with Crippen molar-refractivity contribution in [2.24, 2.45) is 0 Å². The number of benzene rings is 1. The molecule has 2 N–H and O–H groups in total. The van der Waals surface area contributed by atoms with Gasteiger partial charge in [-0.05, 0) is 12.5 Å². The van der Waals surface area contributed by atoms with Gasteiger partial charge in [-0.25, -0.2) is 4.39 Å². The predicted molar refractivity (Wildman–Crippen MR) is 63.3 cm³/mol. The van der Waals surface area contributed by atoms with Crippen molar-refractivity contribution in [1.82, 2.24) is 0 Å². The first-order valence-electron chi connectivity index (χ1n) is 5.92. The first-order valence-corrected chi connectivity index (χ1v) is 5.92. The monoisotopic (exact) mass is 271 g/mol. The summed E-state index contributed by atoms with van der Waals surface area (Å²) in [6, 6.07) is 2.95. The van der Waals surface area contributed by atoms with E-state index < -0.39 is 29.1 Å². The average Bonchev–Trinajstić information content (AvgIpc) is 2.26. The van der Waals surface area contributed by atoms with Crippen LogP contribution in [0.4, 0.5) is 10.1 Å². The van der Waals surface area contributed by atoms with E-state index in [-0.39, 0.29) is 30.7 Å². The maximum absolute atomic E-state index is 13.1. The van der Waals surface area contributed by atoms with E-state index in [0.717, 1.165) is 18.2 Å². The van der Waals surface area contributed by atoms with Crippen LogP contribution in [0.25, 0.3) is 0 Å². The zero-order chi connectivity index (χ0) is 14.0. The fourth-order valence-corrected chi connectivity index (χ4v) is 2.22. The van der Waals surface area contributed by atoms with Crippen LogP contribution in [0.2, 0.25) is 0 Å². The second-order valence-corrected chi connectivity index (χ2v) is 4.62. The van der Waals surface area contributed by atoms with E-state index in [1.165, 1.54) is 0 Å². The number of hydrogen-bond acceptors (Lipinski definition) is 5. The molecule has 6 nitrogen and oxygen atoms in total. The van der Waals surface area contributed by atoms with Gasteiger partial charge < -0.3 is 14.9 Å². The Kier molecular flexibility index (Phi) is 3.96. The molecule has 1 aromatic rings. The topological polar surface area (TPSA) is 92.8 Å². The normalized spacial score (nSPS) is 27.0. The summed E-state index contributed by atoms with van der Waals surface area (Å²) in [5, 5.41) is 29.8. The lowest BCUT2D eigenvalue weighted by Crippen LogP contribution is -2.36. The smallest absolute Gasteiger partial charge is 0.311 e. The number of nitrogens with zero attached hydrogens (tertiary/aromatic N) is 1. The van der Waals surface area contributed by atoms with Crippen LogP contribution in [0.1, 0.15) is 19.3 Å². The Hall–Kier alpha value is -1.73. The molecule has 7 heteroatoms. The number of halogens is 1. The van der Waals surface area contributed by atoms with Crippen LogP contribution in [0.15, 0.2) is 18.2 Å². The number of nitro benzene ring substituents is 1. The molecule has 0 bridgehead atoms. The highest BCUT2D eigenvalue weighted by Gasteiger charge is 2.29. The standard InChI is InChI=1S/C12H14FNO5/c13-7-1-2-11(14(17)18)12(3-7)19-10-5-8(15)4-9(16)6-10/h1-3,8-10,15-16H,4-6H2/t8-,9+,10?. The minimum absolute atomic E-state index is 0.184. The second kappa shape index (κ2) is 5.50. The van der Waals surface area contributed by atoms with E-state index in [9.17, 15) is 24.7 Å². The SMILES string of the molecule is O=[N+]([O-])c1ccc(F)cc1OC1C[C@@H](O)C[C@@H](O)C1. The summed E-state index contributed by atoms with van der Waals surface area (Å²) in [4.78, 5) is 10.1. The Balaban J connectivity index is 2.18. The van der Waals surface area contributed by atoms with Crippen LogP contribution in [0.5, 0.6) is 5.75 Å². The molecular formula is C12H14FNO5. The molecule has 1 fully saturated rings. The first kappa shape index (κ1) is 13.7. The molecular weight excluding hydrogens is 257 g/mol. The predicted octanol–water partition coefficient (Wildman–Crippen LogP) is 1.39. The molecule has 19 heavy (non-hydrogen) atoms. The number of rotatable bonds is 3. The zero-order valence-corrected chi connectivity index (χ0v) is 10.0. The van der Waals surface area contributed by atoms with E-state index in [1.807, 2.05) is 0 Å². The third-order valence-electron chi connectivity index (χ3n) is 3.03. The molecule has 1 saturated carbocycles. The average molecular weight is 271 g/mol. The van der Waals surface area contributed by atoms with Gasteiger partial charge in [0.15, 0.2) is 5.75 Å². The molecule has 1 aliphatic rings. The Bertz CT molecular complexity index is 471. The largest absolute Gasteiger partial charge is 0.483 e. The summed E-state index contributed by atoms with van der Waals surface area (Å²) in [7, 11) is 0. The summed E-state index contributed by atoms with van der Waals surface area (Å²) in [5.41, 5.74) is -0.337. The van der Waals surface area contributed by atoms with Crippen LogP contribution in [-0.2, 0) is 0 Å². The minimum Gasteiger partial charge on any atom is -0.483 e. The van der Waals surface area contributed by atoms with Crippen molar-refractivity contribution in [3.63, 3.8) is 0 Å². The van der Waals surface area contributed by atoms with Crippen molar-refractivity contribution < 1.29 is 24.3 Å². The molecule has 2 rings (SSSR count). The van der Waals surface area contributed by atoms with Crippen LogP contribution in [0.3, 0.4) is 0 Å². The van der Waals surface area contributed by atoms with Crippen molar-refractivity contribution in [2.75, 3.05) is 0 Å². The zero-order valence-electron chi connectivity index (χ0n) is 10.0. The summed E-state index contributed by atoms with van der Waals surface area (Å²) in [6.45, 7) is 0. The molecule has 0 aromatic heterocycles. The lowest BCUT2D eigenvalue weighted by molar-refractivity contribution is -0.386. The summed E-state index contributed by atoms with van der Waals surface area (Å²) < 4.78 is 18.5. The Labute approximate surface area is 108 Å². The third-order valence-corrected chi connectivity index (χ3v) is 3.03. The molecule has 0 saturated heterocycles. The summed E-state index contributed by atoms with van der Waals surface area (Å²) >= 11 is 0. The van der Waals surface area contributed by atoms with Crippen LogP contribution >= 0.6 is 0 Å². The fraction of sp³-hybridized carbons (Fsp3) is 0.500. The van der Waals surface area contributed by atoms with E-state index in [4.69, 9.17) is 4.74 Å². The van der Waals surface area contributed by atoms with Crippen molar-refractivity contribution in [1.29, 1.82) is 0 Å². The first-order chi connectivity index (χ1) is 8.95. The minimum atomic E-state index is -0.721. The number of aliphatic hydroxyl groups excluding tert-OH is 2. The Morgan fingerprint density at radius 1 is 1.26 bits per heavy atom. The second-order valence-electron chi connectivity index (χ2n) is 4.62. The van der Waals surface area contributed by atoms with Crippen LogP contribution in [-0.4, -0.2) is 33.4 Å². The molecule has 1 unspecified atom stereocenters. The highest BCUT2D eigenvalue weighted by molar-refractivity contribution is 5.46. The van der Waals surface area contributed by atoms with Crippen LogP contribution < -0.4 is 4.74 Å². The molecule has 1 aliphatic carbocycles. The van der Waals surface area contributed by atoms with Gasteiger partial charge in [0, 0.05) is 25.0 Å². The van der Waals surface area contributed by atoms with Gasteiger partial charge in [-0.15, -0.1) is 0 Å². The maximum Gasteiger partial charge on any atom is 0.311 e. The van der Waals surface area contributed by atoms with Crippen molar-refractivity contribution >= 4 is 5.69 Å². The van der Waals surface area contributed by atoms with Gasteiger partial charge in [0.1, 0.15) is 11.9 Å². The highest BCUT2D eigenvalue weighted by atomic mass is 19.1. The molecule has 0 spiro atoms. The van der Waals surface area contributed by atoms with Gasteiger partial charge in [-0.1, -0.05) is 0 Å². The van der Waals surface area contributed by atoms with Gasteiger partial charge in [0.25, 0.3) is 0 Å². The Morgan fingerprint density at radius 3 is 2.47 bits per heavy atom.